The number of piperidine rings is 1. The van der Waals surface area contributed by atoms with E-state index in [1.165, 1.54) is 61.8 Å². The van der Waals surface area contributed by atoms with Gasteiger partial charge in [0.05, 0.1) is 0 Å². The van der Waals surface area contributed by atoms with Gasteiger partial charge in [-0.15, -0.1) is 0 Å². The van der Waals surface area contributed by atoms with Gasteiger partial charge in [-0.05, 0) is 69.5 Å². The second-order valence-corrected chi connectivity index (χ2v) is 11.3. The maximum absolute atomic E-state index is 13.0. The van der Waals surface area contributed by atoms with Gasteiger partial charge in [0.1, 0.15) is 0 Å². The first kappa shape index (κ1) is 24.5. The predicted octanol–water partition coefficient (Wildman–Crippen LogP) is 4.28. The average molecular weight is 478 g/mol. The minimum absolute atomic E-state index is 0.0542. The largest absolute Gasteiger partial charge is 0.343 e. The summed E-state index contributed by atoms with van der Waals surface area (Å²) in [4.78, 5) is 17.3. The van der Waals surface area contributed by atoms with Crippen molar-refractivity contribution in [1.29, 1.82) is 0 Å². The molecule has 1 saturated carbocycles. The van der Waals surface area contributed by atoms with Gasteiger partial charge in [0.15, 0.2) is 5.69 Å². The van der Waals surface area contributed by atoms with Crippen molar-refractivity contribution in [3.63, 3.8) is 0 Å². The summed E-state index contributed by atoms with van der Waals surface area (Å²) in [5.41, 5.74) is 4.65. The average Bonchev–Trinajstić information content (AvgIpc) is 3.23. The van der Waals surface area contributed by atoms with Crippen LogP contribution in [-0.2, 0) is 25.9 Å². The van der Waals surface area contributed by atoms with E-state index in [1.807, 2.05) is 14.1 Å². The van der Waals surface area contributed by atoms with E-state index in [4.69, 9.17) is 5.10 Å². The van der Waals surface area contributed by atoms with Crippen molar-refractivity contribution < 1.29 is 4.79 Å². The molecule has 0 radical (unpaired) electrons. The fourth-order valence-corrected chi connectivity index (χ4v) is 6.41. The van der Waals surface area contributed by atoms with E-state index >= 15 is 0 Å². The molecule has 2 aliphatic carbocycles. The van der Waals surface area contributed by atoms with Crippen molar-refractivity contribution in [2.75, 3.05) is 27.2 Å². The zero-order chi connectivity index (χ0) is 24.2. The topological polar surface area (TPSA) is 53.4 Å². The summed E-state index contributed by atoms with van der Waals surface area (Å²) >= 11 is 0. The Balaban J connectivity index is 1.21. The lowest BCUT2D eigenvalue weighted by Gasteiger charge is -2.36. The van der Waals surface area contributed by atoms with E-state index in [2.05, 4.69) is 45.2 Å². The van der Waals surface area contributed by atoms with E-state index in [1.54, 1.807) is 4.90 Å². The number of hydrogen-bond donors (Lipinski definition) is 1. The van der Waals surface area contributed by atoms with Crippen LogP contribution >= 0.6 is 0 Å². The van der Waals surface area contributed by atoms with Crippen LogP contribution < -0.4 is 5.32 Å². The van der Waals surface area contributed by atoms with Gasteiger partial charge in [0.25, 0.3) is 5.91 Å². The first-order valence-electron chi connectivity index (χ1n) is 13.9. The van der Waals surface area contributed by atoms with Crippen LogP contribution in [0.2, 0.25) is 0 Å². The Morgan fingerprint density at radius 1 is 1.00 bits per heavy atom. The highest BCUT2D eigenvalue weighted by Gasteiger charge is 2.32. The number of aromatic nitrogens is 2. The SMILES string of the molecule is CN(C)C(=O)c1nn(CC2CCCCC2)c2c1C[C@@H](NC1CCN(Cc3ccccc3)CC1)CC2. The number of rotatable bonds is 7. The molecule has 0 spiro atoms. The molecule has 1 saturated heterocycles. The van der Waals surface area contributed by atoms with Crippen LogP contribution in [0, 0.1) is 5.92 Å². The van der Waals surface area contributed by atoms with Gasteiger partial charge >= 0.3 is 0 Å². The van der Waals surface area contributed by atoms with Crippen LogP contribution in [0.3, 0.4) is 0 Å². The van der Waals surface area contributed by atoms with Gasteiger partial charge in [-0.2, -0.15) is 5.10 Å². The highest BCUT2D eigenvalue weighted by Crippen LogP contribution is 2.30. The molecule has 0 bridgehead atoms. The van der Waals surface area contributed by atoms with E-state index < -0.39 is 0 Å². The molecule has 2 fully saturated rings. The molecule has 1 aliphatic heterocycles. The van der Waals surface area contributed by atoms with Gasteiger partial charge in [-0.25, -0.2) is 0 Å². The second kappa shape index (κ2) is 11.3. The van der Waals surface area contributed by atoms with Crippen LogP contribution in [-0.4, -0.2) is 64.8 Å². The Kier molecular flexibility index (Phi) is 7.88. The minimum atomic E-state index is 0.0542. The molecule has 1 aromatic carbocycles. The van der Waals surface area contributed by atoms with Crippen LogP contribution in [0.4, 0.5) is 0 Å². The number of nitrogens with one attached hydrogen (secondary N) is 1. The van der Waals surface area contributed by atoms with E-state index in [0.29, 0.717) is 23.7 Å². The van der Waals surface area contributed by atoms with E-state index in [9.17, 15) is 4.79 Å². The number of carbonyl (C=O) groups is 1. The van der Waals surface area contributed by atoms with Gasteiger partial charge in [-0.1, -0.05) is 49.6 Å². The Bertz CT molecular complexity index is 970. The van der Waals surface area contributed by atoms with Crippen molar-refractivity contribution in [2.24, 2.45) is 5.92 Å². The molecule has 6 nitrogen and oxygen atoms in total. The van der Waals surface area contributed by atoms with Gasteiger partial charge in [0, 0.05) is 50.5 Å². The summed E-state index contributed by atoms with van der Waals surface area (Å²) in [6.07, 6.45) is 12.2. The molecule has 2 heterocycles. The molecule has 1 aromatic heterocycles. The van der Waals surface area contributed by atoms with Crippen molar-refractivity contribution in [3.8, 4) is 0 Å². The molecular formula is C29H43N5O. The number of benzene rings is 1. The smallest absolute Gasteiger partial charge is 0.274 e. The number of likely N-dealkylation sites (tertiary alicyclic amines) is 1. The highest BCUT2D eigenvalue weighted by atomic mass is 16.2. The van der Waals surface area contributed by atoms with Crippen LogP contribution in [0.25, 0.3) is 0 Å². The summed E-state index contributed by atoms with van der Waals surface area (Å²) in [6, 6.07) is 11.8. The van der Waals surface area contributed by atoms with Crippen LogP contribution in [0.1, 0.15) is 78.7 Å². The van der Waals surface area contributed by atoms with Gasteiger partial charge in [-0.3, -0.25) is 14.4 Å². The summed E-state index contributed by atoms with van der Waals surface area (Å²) in [5.74, 6) is 0.769. The minimum Gasteiger partial charge on any atom is -0.343 e. The Morgan fingerprint density at radius 2 is 1.74 bits per heavy atom. The first-order valence-corrected chi connectivity index (χ1v) is 13.9. The highest BCUT2D eigenvalue weighted by molar-refractivity contribution is 5.93. The molecule has 1 atom stereocenters. The Morgan fingerprint density at radius 3 is 2.46 bits per heavy atom. The fraction of sp³-hybridized carbons (Fsp3) is 0.655. The maximum atomic E-state index is 13.0. The molecule has 0 unspecified atom stereocenters. The molecule has 190 valence electrons. The molecule has 3 aliphatic rings. The number of carbonyl (C=O) groups excluding carboxylic acids is 1. The number of fused-ring (bicyclic) bond motifs is 1. The molecule has 1 amide bonds. The zero-order valence-electron chi connectivity index (χ0n) is 21.7. The fourth-order valence-electron chi connectivity index (χ4n) is 6.41. The third-order valence-electron chi connectivity index (χ3n) is 8.42. The lowest BCUT2D eigenvalue weighted by atomic mass is 9.88. The van der Waals surface area contributed by atoms with Gasteiger partial charge < -0.3 is 10.2 Å². The second-order valence-electron chi connectivity index (χ2n) is 11.3. The van der Waals surface area contributed by atoms with Gasteiger partial charge in [0.2, 0.25) is 0 Å². The molecular weight excluding hydrogens is 434 g/mol. The predicted molar refractivity (Wildman–Crippen MR) is 141 cm³/mol. The quantitative estimate of drug-likeness (QED) is 0.647. The summed E-state index contributed by atoms with van der Waals surface area (Å²) in [7, 11) is 3.69. The number of nitrogens with zero attached hydrogens (tertiary/aromatic N) is 4. The summed E-state index contributed by atoms with van der Waals surface area (Å²) in [6.45, 7) is 4.33. The third kappa shape index (κ3) is 5.97. The maximum Gasteiger partial charge on any atom is 0.274 e. The van der Waals surface area contributed by atoms with E-state index in [-0.39, 0.29) is 5.91 Å². The van der Waals surface area contributed by atoms with Crippen molar-refractivity contribution in [3.05, 3.63) is 52.8 Å². The van der Waals surface area contributed by atoms with Crippen LogP contribution in [0.5, 0.6) is 0 Å². The van der Waals surface area contributed by atoms with Crippen LogP contribution in [0.15, 0.2) is 30.3 Å². The lowest BCUT2D eigenvalue weighted by molar-refractivity contribution is 0.0819. The monoisotopic (exact) mass is 477 g/mol. The molecule has 6 heteroatoms. The molecule has 5 rings (SSSR count). The standard InChI is InChI=1S/C29H43N5O/c1-32(2)29(35)28-26-19-25(13-14-27(26)34(31-28)21-23-11-7-4-8-12-23)30-24-15-17-33(18-16-24)20-22-9-5-3-6-10-22/h3,5-6,9-10,23-25,30H,4,7-8,11-21H2,1-2H3/t25-/m0/s1. The Hall–Kier alpha value is -2.18. The summed E-state index contributed by atoms with van der Waals surface area (Å²) in [5, 5.41) is 8.91. The molecule has 35 heavy (non-hydrogen) atoms. The van der Waals surface area contributed by atoms with Crippen molar-refractivity contribution >= 4 is 5.91 Å². The third-order valence-corrected chi connectivity index (χ3v) is 8.42. The molecule has 2 aromatic rings. The zero-order valence-corrected chi connectivity index (χ0v) is 21.7. The van der Waals surface area contributed by atoms with E-state index in [0.717, 1.165) is 45.4 Å². The lowest BCUT2D eigenvalue weighted by Crippen LogP contribution is -2.47. The first-order chi connectivity index (χ1) is 17.1. The normalized spacial score (nSPS) is 22.2. The summed E-state index contributed by atoms with van der Waals surface area (Å²) < 4.78 is 2.22. The number of hydrogen-bond acceptors (Lipinski definition) is 4. The Labute approximate surface area is 211 Å². The van der Waals surface area contributed by atoms with Crippen molar-refractivity contribution in [1.82, 2.24) is 24.9 Å². The number of amides is 1. The molecule has 1 N–H and O–H groups in total. The van der Waals surface area contributed by atoms with Crippen molar-refractivity contribution in [2.45, 2.75) is 89.4 Å².